The molecule has 1 aromatic rings. The lowest BCUT2D eigenvalue weighted by Crippen LogP contribution is -2.35. The first-order valence-corrected chi connectivity index (χ1v) is 6.63. The molecule has 5 heteroatoms. The number of piperidine rings is 1. The Balaban J connectivity index is 1.99. The van der Waals surface area contributed by atoms with Gasteiger partial charge in [-0.1, -0.05) is 0 Å². The first kappa shape index (κ1) is 12.5. The van der Waals surface area contributed by atoms with Gasteiger partial charge in [0.1, 0.15) is 4.88 Å². The van der Waals surface area contributed by atoms with Crippen molar-refractivity contribution in [1.82, 2.24) is 4.90 Å². The SMILES string of the molecule is COC(=O)c1sccc1CN1CCC(O)CC1. The summed E-state index contributed by atoms with van der Waals surface area (Å²) in [6, 6.07) is 1.97. The van der Waals surface area contributed by atoms with Gasteiger partial charge in [-0.15, -0.1) is 11.3 Å². The number of rotatable bonds is 3. The highest BCUT2D eigenvalue weighted by Crippen LogP contribution is 2.21. The molecule has 1 aliphatic heterocycles. The minimum atomic E-state index is -0.257. The van der Waals surface area contributed by atoms with E-state index in [1.165, 1.54) is 18.4 Å². The zero-order chi connectivity index (χ0) is 12.3. The molecule has 1 aliphatic rings. The Morgan fingerprint density at radius 3 is 2.94 bits per heavy atom. The monoisotopic (exact) mass is 255 g/mol. The standard InChI is InChI=1S/C12H17NO3S/c1-16-12(15)11-9(4-7-17-11)8-13-5-2-10(14)3-6-13/h4,7,10,14H,2-3,5-6,8H2,1H3. The van der Waals surface area contributed by atoms with Gasteiger partial charge in [-0.3, -0.25) is 4.90 Å². The lowest BCUT2D eigenvalue weighted by molar-refractivity contribution is 0.0598. The highest BCUT2D eigenvalue weighted by molar-refractivity contribution is 7.12. The summed E-state index contributed by atoms with van der Waals surface area (Å²) >= 11 is 1.42. The number of aliphatic hydroxyl groups excluding tert-OH is 1. The van der Waals surface area contributed by atoms with E-state index in [4.69, 9.17) is 4.74 Å². The minimum Gasteiger partial charge on any atom is -0.465 e. The number of esters is 1. The fourth-order valence-electron chi connectivity index (χ4n) is 2.05. The van der Waals surface area contributed by atoms with Crippen molar-refractivity contribution in [3.63, 3.8) is 0 Å². The average Bonchev–Trinajstić information content (AvgIpc) is 2.79. The van der Waals surface area contributed by atoms with E-state index >= 15 is 0 Å². The van der Waals surface area contributed by atoms with Crippen molar-refractivity contribution in [2.45, 2.75) is 25.5 Å². The molecule has 1 aromatic heterocycles. The maximum absolute atomic E-state index is 11.5. The van der Waals surface area contributed by atoms with Crippen molar-refractivity contribution in [1.29, 1.82) is 0 Å². The Morgan fingerprint density at radius 1 is 1.59 bits per heavy atom. The summed E-state index contributed by atoms with van der Waals surface area (Å²) in [4.78, 5) is 14.5. The quantitative estimate of drug-likeness (QED) is 0.831. The van der Waals surface area contributed by atoms with Crippen LogP contribution in [0.15, 0.2) is 11.4 Å². The number of ether oxygens (including phenoxy) is 1. The molecule has 1 N–H and O–H groups in total. The van der Waals surface area contributed by atoms with Crippen LogP contribution >= 0.6 is 11.3 Å². The molecule has 0 bridgehead atoms. The maximum Gasteiger partial charge on any atom is 0.348 e. The molecule has 0 amide bonds. The van der Waals surface area contributed by atoms with E-state index in [0.717, 1.165) is 38.0 Å². The topological polar surface area (TPSA) is 49.8 Å². The Labute approximate surface area is 105 Å². The molecule has 0 radical (unpaired) electrons. The molecule has 0 aromatic carbocycles. The lowest BCUT2D eigenvalue weighted by Gasteiger charge is -2.29. The van der Waals surface area contributed by atoms with Crippen LogP contribution in [0.5, 0.6) is 0 Å². The fourth-order valence-corrected chi connectivity index (χ4v) is 2.88. The van der Waals surface area contributed by atoms with Crippen LogP contribution in [0.4, 0.5) is 0 Å². The Morgan fingerprint density at radius 2 is 2.29 bits per heavy atom. The molecule has 0 spiro atoms. The summed E-state index contributed by atoms with van der Waals surface area (Å²) in [5, 5.41) is 11.4. The van der Waals surface area contributed by atoms with Gasteiger partial charge in [0.15, 0.2) is 0 Å². The Hall–Kier alpha value is -0.910. The second-order valence-electron chi connectivity index (χ2n) is 4.27. The molecule has 17 heavy (non-hydrogen) atoms. The summed E-state index contributed by atoms with van der Waals surface area (Å²) < 4.78 is 4.75. The number of hydrogen-bond acceptors (Lipinski definition) is 5. The molecule has 0 unspecified atom stereocenters. The van der Waals surface area contributed by atoms with E-state index in [1.807, 2.05) is 11.4 Å². The van der Waals surface area contributed by atoms with Gasteiger partial charge in [0, 0.05) is 19.6 Å². The van der Waals surface area contributed by atoms with Gasteiger partial charge in [0.05, 0.1) is 13.2 Å². The van der Waals surface area contributed by atoms with Crippen LogP contribution in [0, 0.1) is 0 Å². The molecule has 0 saturated carbocycles. The number of hydrogen-bond donors (Lipinski definition) is 1. The van der Waals surface area contributed by atoms with Crippen LogP contribution < -0.4 is 0 Å². The van der Waals surface area contributed by atoms with Gasteiger partial charge in [-0.25, -0.2) is 4.79 Å². The molecule has 0 aliphatic carbocycles. The van der Waals surface area contributed by atoms with Crippen molar-refractivity contribution >= 4 is 17.3 Å². The fraction of sp³-hybridized carbons (Fsp3) is 0.583. The number of nitrogens with zero attached hydrogens (tertiary/aromatic N) is 1. The number of methoxy groups -OCH3 is 1. The van der Waals surface area contributed by atoms with E-state index in [0.29, 0.717) is 4.88 Å². The molecule has 1 fully saturated rings. The summed E-state index contributed by atoms with van der Waals surface area (Å²) in [7, 11) is 1.41. The van der Waals surface area contributed by atoms with Gasteiger partial charge >= 0.3 is 5.97 Å². The Kier molecular flexibility index (Phi) is 4.15. The number of carbonyl (C=O) groups excluding carboxylic acids is 1. The average molecular weight is 255 g/mol. The second-order valence-corrected chi connectivity index (χ2v) is 5.19. The Bertz CT molecular complexity index is 383. The van der Waals surface area contributed by atoms with Gasteiger partial charge < -0.3 is 9.84 Å². The highest BCUT2D eigenvalue weighted by atomic mass is 32.1. The molecule has 1 saturated heterocycles. The molecule has 2 heterocycles. The van der Waals surface area contributed by atoms with Gasteiger partial charge in [-0.2, -0.15) is 0 Å². The predicted molar refractivity (Wildman–Crippen MR) is 66.2 cm³/mol. The summed E-state index contributed by atoms with van der Waals surface area (Å²) in [6.45, 7) is 2.54. The minimum absolute atomic E-state index is 0.159. The number of thiophene rings is 1. The highest BCUT2D eigenvalue weighted by Gasteiger charge is 2.20. The van der Waals surface area contributed by atoms with E-state index < -0.39 is 0 Å². The molecule has 94 valence electrons. The third-order valence-electron chi connectivity index (χ3n) is 3.07. The maximum atomic E-state index is 11.5. The van der Waals surface area contributed by atoms with Crippen molar-refractivity contribution in [3.8, 4) is 0 Å². The van der Waals surface area contributed by atoms with Gasteiger partial charge in [0.2, 0.25) is 0 Å². The first-order chi connectivity index (χ1) is 8.20. The zero-order valence-electron chi connectivity index (χ0n) is 9.89. The normalized spacial score (nSPS) is 18.2. The van der Waals surface area contributed by atoms with Crippen LogP contribution in [-0.2, 0) is 11.3 Å². The first-order valence-electron chi connectivity index (χ1n) is 5.76. The molecular weight excluding hydrogens is 238 g/mol. The van der Waals surface area contributed by atoms with Crippen molar-refractivity contribution in [2.75, 3.05) is 20.2 Å². The van der Waals surface area contributed by atoms with Crippen LogP contribution in [0.3, 0.4) is 0 Å². The third-order valence-corrected chi connectivity index (χ3v) is 4.01. The van der Waals surface area contributed by atoms with E-state index in [9.17, 15) is 9.90 Å². The zero-order valence-corrected chi connectivity index (χ0v) is 10.7. The molecule has 4 nitrogen and oxygen atoms in total. The van der Waals surface area contributed by atoms with Crippen molar-refractivity contribution in [3.05, 3.63) is 21.9 Å². The van der Waals surface area contributed by atoms with E-state index in [-0.39, 0.29) is 12.1 Å². The molecular formula is C12H17NO3S. The van der Waals surface area contributed by atoms with E-state index in [2.05, 4.69) is 4.90 Å². The predicted octanol–water partition coefficient (Wildman–Crippen LogP) is 1.49. The second kappa shape index (κ2) is 5.62. The van der Waals surface area contributed by atoms with Crippen LogP contribution in [0.1, 0.15) is 28.1 Å². The lowest BCUT2D eigenvalue weighted by atomic mass is 10.1. The van der Waals surface area contributed by atoms with Gasteiger partial charge in [0.25, 0.3) is 0 Å². The number of aliphatic hydroxyl groups is 1. The summed E-state index contributed by atoms with van der Waals surface area (Å²) in [6.07, 6.45) is 1.48. The largest absolute Gasteiger partial charge is 0.465 e. The number of carbonyl (C=O) groups is 1. The van der Waals surface area contributed by atoms with E-state index in [1.54, 1.807) is 0 Å². The number of likely N-dealkylation sites (tertiary alicyclic amines) is 1. The summed E-state index contributed by atoms with van der Waals surface area (Å²) in [5.41, 5.74) is 1.03. The van der Waals surface area contributed by atoms with Crippen LogP contribution in [0.25, 0.3) is 0 Å². The third kappa shape index (κ3) is 3.06. The van der Waals surface area contributed by atoms with Crippen molar-refractivity contribution < 1.29 is 14.6 Å². The van der Waals surface area contributed by atoms with Gasteiger partial charge in [-0.05, 0) is 29.9 Å². The molecule has 2 rings (SSSR count). The van der Waals surface area contributed by atoms with Crippen LogP contribution in [-0.4, -0.2) is 42.3 Å². The van der Waals surface area contributed by atoms with Crippen LogP contribution in [0.2, 0.25) is 0 Å². The van der Waals surface area contributed by atoms with Crippen molar-refractivity contribution in [2.24, 2.45) is 0 Å². The smallest absolute Gasteiger partial charge is 0.348 e. The summed E-state index contributed by atoms with van der Waals surface area (Å²) in [5.74, 6) is -0.257. The molecule has 0 atom stereocenters.